The van der Waals surface area contributed by atoms with Gasteiger partial charge in [-0.1, -0.05) is 17.7 Å². The van der Waals surface area contributed by atoms with E-state index in [4.69, 9.17) is 10.5 Å². The number of aryl methyl sites for hydroxylation is 1. The maximum absolute atomic E-state index is 11.9. The molecule has 104 valence electrons. The van der Waals surface area contributed by atoms with Crippen LogP contribution in [0.1, 0.15) is 36.9 Å². The first-order chi connectivity index (χ1) is 8.99. The first-order valence-electron chi connectivity index (χ1n) is 6.73. The Morgan fingerprint density at radius 1 is 1.53 bits per heavy atom. The van der Waals surface area contributed by atoms with Gasteiger partial charge < -0.3 is 15.4 Å². The Hall–Kier alpha value is -1.55. The minimum absolute atomic E-state index is 0.0266. The van der Waals surface area contributed by atoms with Crippen molar-refractivity contribution in [1.82, 2.24) is 4.90 Å². The van der Waals surface area contributed by atoms with E-state index in [2.05, 4.69) is 0 Å². The molecule has 1 unspecified atom stereocenters. The van der Waals surface area contributed by atoms with Crippen LogP contribution in [0.3, 0.4) is 0 Å². The molecule has 1 aromatic rings. The van der Waals surface area contributed by atoms with Gasteiger partial charge in [0.2, 0.25) is 0 Å². The fourth-order valence-corrected chi connectivity index (χ4v) is 2.06. The van der Waals surface area contributed by atoms with E-state index >= 15 is 0 Å². The van der Waals surface area contributed by atoms with E-state index in [-0.39, 0.29) is 18.6 Å². The first kappa shape index (κ1) is 13.9. The second kappa shape index (κ2) is 5.61. The van der Waals surface area contributed by atoms with E-state index < -0.39 is 0 Å². The Balaban J connectivity index is 2.00. The molecular formula is C15H22N2O2. The molecule has 4 nitrogen and oxygen atoms in total. The van der Waals surface area contributed by atoms with Crippen LogP contribution in [0.5, 0.6) is 5.75 Å². The van der Waals surface area contributed by atoms with E-state index in [0.29, 0.717) is 11.8 Å². The molecule has 19 heavy (non-hydrogen) atoms. The third-order valence-electron chi connectivity index (χ3n) is 3.49. The highest BCUT2D eigenvalue weighted by Crippen LogP contribution is 2.27. The van der Waals surface area contributed by atoms with Crippen molar-refractivity contribution in [2.24, 2.45) is 5.73 Å². The van der Waals surface area contributed by atoms with Crippen LogP contribution < -0.4 is 10.5 Å². The topological polar surface area (TPSA) is 55.6 Å². The Morgan fingerprint density at radius 2 is 2.21 bits per heavy atom. The number of hydrogen-bond acceptors (Lipinski definition) is 3. The van der Waals surface area contributed by atoms with Gasteiger partial charge in [-0.05, 0) is 32.8 Å². The van der Waals surface area contributed by atoms with Gasteiger partial charge in [-0.2, -0.15) is 0 Å². The van der Waals surface area contributed by atoms with Crippen molar-refractivity contribution >= 4 is 5.91 Å². The van der Waals surface area contributed by atoms with Crippen molar-refractivity contribution < 1.29 is 9.53 Å². The zero-order valence-electron chi connectivity index (χ0n) is 11.8. The fourth-order valence-electron chi connectivity index (χ4n) is 2.06. The van der Waals surface area contributed by atoms with Crippen LogP contribution >= 0.6 is 0 Å². The first-order valence-corrected chi connectivity index (χ1v) is 6.73. The second-order valence-electron chi connectivity index (χ2n) is 5.35. The lowest BCUT2D eigenvalue weighted by molar-refractivity contribution is -0.132. The van der Waals surface area contributed by atoms with Crippen molar-refractivity contribution in [3.8, 4) is 5.75 Å². The normalized spacial score (nSPS) is 16.0. The maximum Gasteiger partial charge on any atom is 0.260 e. The predicted octanol–water partition coefficient (Wildman–Crippen LogP) is 2.01. The van der Waals surface area contributed by atoms with Crippen molar-refractivity contribution in [3.05, 3.63) is 29.3 Å². The highest BCUT2D eigenvalue weighted by Gasteiger charge is 2.29. The average Bonchev–Trinajstić information content (AvgIpc) is 3.20. The standard InChI is InChI=1S/C15H22N2O2/c1-10-4-7-14(13(8-10)11(2)16)19-9-15(18)17(3)12-5-6-12/h4,7-8,11-12H,5-6,9,16H2,1-3H3. The lowest BCUT2D eigenvalue weighted by Crippen LogP contribution is -2.33. The Labute approximate surface area is 114 Å². The summed E-state index contributed by atoms with van der Waals surface area (Å²) in [6.45, 7) is 4.01. The summed E-state index contributed by atoms with van der Waals surface area (Å²) in [7, 11) is 1.84. The van der Waals surface area contributed by atoms with Crippen LogP contribution in [-0.2, 0) is 4.79 Å². The van der Waals surface area contributed by atoms with E-state index in [1.807, 2.05) is 39.1 Å². The van der Waals surface area contributed by atoms with E-state index in [1.165, 1.54) is 0 Å². The summed E-state index contributed by atoms with van der Waals surface area (Å²) in [5.41, 5.74) is 8.02. The molecule has 0 aromatic heterocycles. The SMILES string of the molecule is Cc1ccc(OCC(=O)N(C)C2CC2)c(C(C)N)c1. The van der Waals surface area contributed by atoms with Gasteiger partial charge in [-0.3, -0.25) is 4.79 Å². The number of carbonyl (C=O) groups excluding carboxylic acids is 1. The number of nitrogens with two attached hydrogens (primary N) is 1. The van der Waals surface area contributed by atoms with Crippen LogP contribution in [0.2, 0.25) is 0 Å². The monoisotopic (exact) mass is 262 g/mol. The number of hydrogen-bond donors (Lipinski definition) is 1. The Morgan fingerprint density at radius 3 is 2.79 bits per heavy atom. The van der Waals surface area contributed by atoms with Crippen LogP contribution in [0.4, 0.5) is 0 Å². The highest BCUT2D eigenvalue weighted by molar-refractivity contribution is 5.78. The maximum atomic E-state index is 11.9. The molecule has 1 fully saturated rings. The van der Waals surface area contributed by atoms with Gasteiger partial charge in [0, 0.05) is 24.7 Å². The number of benzene rings is 1. The Kier molecular flexibility index (Phi) is 4.10. The third-order valence-corrected chi connectivity index (χ3v) is 3.49. The minimum Gasteiger partial charge on any atom is -0.483 e. The number of likely N-dealkylation sites (N-methyl/N-ethyl adjacent to an activating group) is 1. The minimum atomic E-state index is -0.105. The van der Waals surface area contributed by atoms with E-state index in [9.17, 15) is 4.79 Å². The van der Waals surface area contributed by atoms with Gasteiger partial charge >= 0.3 is 0 Å². The summed E-state index contributed by atoms with van der Waals surface area (Å²) in [5, 5.41) is 0. The summed E-state index contributed by atoms with van der Waals surface area (Å²) in [5.74, 6) is 0.733. The van der Waals surface area contributed by atoms with Gasteiger partial charge in [-0.15, -0.1) is 0 Å². The molecule has 1 aliphatic rings. The van der Waals surface area contributed by atoms with E-state index in [0.717, 1.165) is 24.0 Å². The molecule has 0 aliphatic heterocycles. The van der Waals surface area contributed by atoms with Crippen LogP contribution in [0, 0.1) is 6.92 Å². The average molecular weight is 262 g/mol. The van der Waals surface area contributed by atoms with Crippen LogP contribution in [-0.4, -0.2) is 30.5 Å². The zero-order valence-corrected chi connectivity index (χ0v) is 11.8. The number of carbonyl (C=O) groups is 1. The molecule has 4 heteroatoms. The summed E-state index contributed by atoms with van der Waals surface area (Å²) < 4.78 is 5.64. The second-order valence-corrected chi connectivity index (χ2v) is 5.35. The zero-order chi connectivity index (χ0) is 14.0. The van der Waals surface area contributed by atoms with Crippen LogP contribution in [0.25, 0.3) is 0 Å². The lowest BCUT2D eigenvalue weighted by Gasteiger charge is -2.18. The van der Waals surface area contributed by atoms with Gasteiger partial charge in [-0.25, -0.2) is 0 Å². The quantitative estimate of drug-likeness (QED) is 0.883. The Bertz CT molecular complexity index is 467. The molecule has 1 amide bonds. The molecule has 0 heterocycles. The van der Waals surface area contributed by atoms with Gasteiger partial charge in [0.15, 0.2) is 6.61 Å². The van der Waals surface area contributed by atoms with Crippen LogP contribution in [0.15, 0.2) is 18.2 Å². The van der Waals surface area contributed by atoms with E-state index in [1.54, 1.807) is 4.90 Å². The molecule has 1 saturated carbocycles. The molecule has 1 aromatic carbocycles. The number of ether oxygens (including phenoxy) is 1. The number of nitrogens with zero attached hydrogens (tertiary/aromatic N) is 1. The molecule has 0 saturated heterocycles. The summed E-state index contributed by atoms with van der Waals surface area (Å²) in [4.78, 5) is 13.7. The molecule has 1 atom stereocenters. The molecule has 1 aliphatic carbocycles. The van der Waals surface area contributed by atoms with Crippen molar-refractivity contribution in [3.63, 3.8) is 0 Å². The summed E-state index contributed by atoms with van der Waals surface area (Å²) in [6.07, 6.45) is 2.22. The highest BCUT2D eigenvalue weighted by atomic mass is 16.5. The number of rotatable bonds is 5. The molecule has 0 spiro atoms. The molecule has 2 rings (SSSR count). The van der Waals surface area contributed by atoms with Gasteiger partial charge in [0.05, 0.1) is 0 Å². The van der Waals surface area contributed by atoms with Gasteiger partial charge in [0.1, 0.15) is 5.75 Å². The predicted molar refractivity (Wildman–Crippen MR) is 75.1 cm³/mol. The van der Waals surface area contributed by atoms with Gasteiger partial charge in [0.25, 0.3) is 5.91 Å². The molecule has 2 N–H and O–H groups in total. The third kappa shape index (κ3) is 3.47. The van der Waals surface area contributed by atoms with Crippen molar-refractivity contribution in [2.45, 2.75) is 38.8 Å². The largest absolute Gasteiger partial charge is 0.483 e. The summed E-state index contributed by atoms with van der Waals surface area (Å²) in [6, 6.07) is 6.18. The van der Waals surface area contributed by atoms with Crippen molar-refractivity contribution in [1.29, 1.82) is 0 Å². The summed E-state index contributed by atoms with van der Waals surface area (Å²) >= 11 is 0. The molecular weight excluding hydrogens is 240 g/mol. The lowest BCUT2D eigenvalue weighted by atomic mass is 10.1. The fraction of sp³-hybridized carbons (Fsp3) is 0.533. The number of amides is 1. The van der Waals surface area contributed by atoms with Crippen molar-refractivity contribution in [2.75, 3.05) is 13.7 Å². The smallest absolute Gasteiger partial charge is 0.260 e. The molecule has 0 bridgehead atoms. The molecule has 0 radical (unpaired) electrons.